The maximum atomic E-state index is 3.98. The molecule has 0 atom stereocenters. The Morgan fingerprint density at radius 2 is 1.19 bits per heavy atom. The molecular formula is C18H21N3. The van der Waals surface area contributed by atoms with Crippen LogP contribution in [-0.4, -0.2) is 15.0 Å². The summed E-state index contributed by atoms with van der Waals surface area (Å²) in [6.45, 7) is 5.97. The van der Waals surface area contributed by atoms with Crippen molar-refractivity contribution in [3.63, 3.8) is 0 Å². The van der Waals surface area contributed by atoms with Gasteiger partial charge in [-0.3, -0.25) is 15.0 Å². The van der Waals surface area contributed by atoms with Gasteiger partial charge in [-0.25, -0.2) is 0 Å². The first-order valence-corrected chi connectivity index (χ1v) is 6.80. The van der Waals surface area contributed by atoms with Crippen LogP contribution in [0.1, 0.15) is 17.0 Å². The quantitative estimate of drug-likeness (QED) is 0.620. The van der Waals surface area contributed by atoms with Crippen LogP contribution in [0.3, 0.4) is 0 Å². The van der Waals surface area contributed by atoms with Crippen molar-refractivity contribution in [2.45, 2.75) is 20.8 Å². The smallest absolute Gasteiger partial charge is 0.0372 e. The van der Waals surface area contributed by atoms with Gasteiger partial charge in [-0.05, 0) is 56.7 Å². The summed E-state index contributed by atoms with van der Waals surface area (Å²) in [5.41, 5.74) is 3.35. The molecule has 3 heteroatoms. The molecule has 3 nitrogen and oxygen atoms in total. The van der Waals surface area contributed by atoms with Gasteiger partial charge in [-0.15, -0.1) is 0 Å². The number of rotatable bonds is 0. The lowest BCUT2D eigenvalue weighted by Gasteiger charge is -1.82. The van der Waals surface area contributed by atoms with Crippen LogP contribution in [0.25, 0.3) is 0 Å². The highest BCUT2D eigenvalue weighted by Crippen LogP contribution is 1.88. The monoisotopic (exact) mass is 279 g/mol. The minimum atomic E-state index is 1.07. The molecule has 0 fully saturated rings. The van der Waals surface area contributed by atoms with Crippen molar-refractivity contribution < 1.29 is 0 Å². The Kier molecular flexibility index (Phi) is 8.07. The number of aromatic nitrogens is 3. The number of nitrogens with zero attached hydrogens (tertiary/aromatic N) is 3. The molecular weight excluding hydrogens is 258 g/mol. The van der Waals surface area contributed by atoms with Gasteiger partial charge >= 0.3 is 0 Å². The molecule has 21 heavy (non-hydrogen) atoms. The van der Waals surface area contributed by atoms with E-state index in [0.29, 0.717) is 0 Å². The highest BCUT2D eigenvalue weighted by Gasteiger charge is 1.74. The van der Waals surface area contributed by atoms with E-state index in [4.69, 9.17) is 0 Å². The third kappa shape index (κ3) is 9.05. The molecule has 0 saturated heterocycles. The topological polar surface area (TPSA) is 38.7 Å². The van der Waals surface area contributed by atoms with Crippen LogP contribution in [-0.2, 0) is 0 Å². The first-order chi connectivity index (χ1) is 10.2. The molecule has 0 radical (unpaired) electrons. The van der Waals surface area contributed by atoms with Crippen molar-refractivity contribution in [2.24, 2.45) is 0 Å². The fourth-order valence-electron chi connectivity index (χ4n) is 1.34. The van der Waals surface area contributed by atoms with Crippen LogP contribution in [0.5, 0.6) is 0 Å². The van der Waals surface area contributed by atoms with Gasteiger partial charge in [0.05, 0.1) is 0 Å². The second kappa shape index (κ2) is 10.3. The van der Waals surface area contributed by atoms with Crippen molar-refractivity contribution in [3.8, 4) is 0 Å². The summed E-state index contributed by atoms with van der Waals surface area (Å²) < 4.78 is 0. The van der Waals surface area contributed by atoms with Crippen molar-refractivity contribution >= 4 is 0 Å². The molecule has 0 spiro atoms. The second-order valence-electron chi connectivity index (χ2n) is 4.47. The van der Waals surface area contributed by atoms with Gasteiger partial charge in [-0.1, -0.05) is 18.2 Å². The zero-order valence-electron chi connectivity index (χ0n) is 12.8. The zero-order chi connectivity index (χ0) is 15.3. The first-order valence-electron chi connectivity index (χ1n) is 6.80. The molecule has 3 aromatic rings. The SMILES string of the molecule is Cc1ccccn1.Cc1ccccn1.Cc1cccnc1. The molecule has 0 aliphatic carbocycles. The van der Waals surface area contributed by atoms with E-state index in [1.54, 1.807) is 18.6 Å². The Bertz CT molecular complexity index is 491. The Labute approximate surface area is 126 Å². The largest absolute Gasteiger partial charge is 0.264 e. The molecule has 0 aromatic carbocycles. The minimum Gasteiger partial charge on any atom is -0.264 e. The van der Waals surface area contributed by atoms with Crippen molar-refractivity contribution in [1.82, 2.24) is 15.0 Å². The number of hydrogen-bond acceptors (Lipinski definition) is 3. The van der Waals surface area contributed by atoms with E-state index in [-0.39, 0.29) is 0 Å². The van der Waals surface area contributed by atoms with Crippen molar-refractivity contribution in [3.05, 3.63) is 90.3 Å². The molecule has 0 aliphatic heterocycles. The molecule has 0 N–H and O–H groups in total. The standard InChI is InChI=1S/3C6H7N/c1-6-3-2-4-7-5-6;2*1-6-4-2-3-5-7-6/h3*2-5H,1H3. The Morgan fingerprint density at radius 3 is 1.38 bits per heavy atom. The Balaban J connectivity index is 0.000000157. The van der Waals surface area contributed by atoms with Gasteiger partial charge < -0.3 is 0 Å². The lowest BCUT2D eigenvalue weighted by atomic mass is 10.3. The summed E-state index contributed by atoms with van der Waals surface area (Å²) in [5.74, 6) is 0. The van der Waals surface area contributed by atoms with E-state index in [2.05, 4.69) is 15.0 Å². The van der Waals surface area contributed by atoms with E-state index in [1.807, 2.05) is 75.5 Å². The Morgan fingerprint density at radius 1 is 0.619 bits per heavy atom. The fraction of sp³-hybridized carbons (Fsp3) is 0.167. The van der Waals surface area contributed by atoms with Crippen molar-refractivity contribution in [1.29, 1.82) is 0 Å². The van der Waals surface area contributed by atoms with Crippen LogP contribution in [0, 0.1) is 20.8 Å². The van der Waals surface area contributed by atoms with Gasteiger partial charge in [0.25, 0.3) is 0 Å². The molecule has 0 bridgehead atoms. The number of pyridine rings is 3. The lowest BCUT2D eigenvalue weighted by molar-refractivity contribution is 1.20. The highest BCUT2D eigenvalue weighted by atomic mass is 14.6. The van der Waals surface area contributed by atoms with Crippen LogP contribution < -0.4 is 0 Å². The van der Waals surface area contributed by atoms with Gasteiger partial charge in [0, 0.05) is 36.2 Å². The maximum absolute atomic E-state index is 3.98. The average molecular weight is 279 g/mol. The minimum absolute atomic E-state index is 1.07. The van der Waals surface area contributed by atoms with Gasteiger partial charge in [-0.2, -0.15) is 0 Å². The molecule has 3 heterocycles. The molecule has 0 unspecified atom stereocenters. The molecule has 0 amide bonds. The lowest BCUT2D eigenvalue weighted by Crippen LogP contribution is -1.72. The van der Waals surface area contributed by atoms with Crippen LogP contribution in [0.4, 0.5) is 0 Å². The van der Waals surface area contributed by atoms with E-state index >= 15 is 0 Å². The summed E-state index contributed by atoms with van der Waals surface area (Å²) in [7, 11) is 0. The zero-order valence-corrected chi connectivity index (χ0v) is 12.8. The van der Waals surface area contributed by atoms with Gasteiger partial charge in [0.1, 0.15) is 0 Å². The second-order valence-corrected chi connectivity index (χ2v) is 4.47. The molecule has 3 rings (SSSR count). The van der Waals surface area contributed by atoms with E-state index in [9.17, 15) is 0 Å². The summed E-state index contributed by atoms with van der Waals surface area (Å²) >= 11 is 0. The predicted octanol–water partition coefficient (Wildman–Crippen LogP) is 4.17. The van der Waals surface area contributed by atoms with E-state index in [0.717, 1.165) is 11.4 Å². The summed E-state index contributed by atoms with van der Waals surface area (Å²) in [6.07, 6.45) is 7.18. The van der Waals surface area contributed by atoms with Crippen LogP contribution in [0.15, 0.2) is 73.3 Å². The predicted molar refractivity (Wildman–Crippen MR) is 86.9 cm³/mol. The summed E-state index contributed by atoms with van der Waals surface area (Å²) in [5, 5.41) is 0. The molecule has 3 aromatic heterocycles. The van der Waals surface area contributed by atoms with E-state index < -0.39 is 0 Å². The number of aryl methyl sites for hydroxylation is 3. The third-order valence-corrected chi connectivity index (χ3v) is 2.43. The number of hydrogen-bond donors (Lipinski definition) is 0. The fourth-order valence-corrected chi connectivity index (χ4v) is 1.34. The first kappa shape index (κ1) is 16.5. The normalized spacial score (nSPS) is 8.71. The highest BCUT2D eigenvalue weighted by molar-refractivity contribution is 5.04. The van der Waals surface area contributed by atoms with Crippen LogP contribution in [0.2, 0.25) is 0 Å². The maximum Gasteiger partial charge on any atom is 0.0372 e. The van der Waals surface area contributed by atoms with Gasteiger partial charge in [0.15, 0.2) is 0 Å². The third-order valence-electron chi connectivity index (χ3n) is 2.43. The molecule has 0 saturated carbocycles. The van der Waals surface area contributed by atoms with E-state index in [1.165, 1.54) is 5.56 Å². The summed E-state index contributed by atoms with van der Waals surface area (Å²) in [4.78, 5) is 11.8. The summed E-state index contributed by atoms with van der Waals surface area (Å²) in [6, 6.07) is 15.7. The molecule has 0 aliphatic rings. The molecule has 108 valence electrons. The average Bonchev–Trinajstić information content (AvgIpc) is 2.51. The Hall–Kier alpha value is -2.55. The van der Waals surface area contributed by atoms with Crippen molar-refractivity contribution in [2.75, 3.05) is 0 Å². The van der Waals surface area contributed by atoms with Crippen LogP contribution >= 0.6 is 0 Å². The van der Waals surface area contributed by atoms with Gasteiger partial charge in [0.2, 0.25) is 0 Å².